The van der Waals surface area contributed by atoms with Crippen molar-refractivity contribution in [3.05, 3.63) is 47.6 Å². The highest BCUT2D eigenvalue weighted by Gasteiger charge is 2.53. The van der Waals surface area contributed by atoms with Gasteiger partial charge in [0.1, 0.15) is 17.9 Å². The number of rotatable bonds is 5. The molecule has 0 aromatic carbocycles. The molecule has 64 heavy (non-hydrogen) atoms. The van der Waals surface area contributed by atoms with Crippen molar-refractivity contribution in [1.29, 1.82) is 0 Å². The Bertz CT molecular complexity index is 1780. The molecule has 3 aliphatic heterocycles. The molecule has 4 bridgehead atoms. The van der Waals surface area contributed by atoms with Crippen LogP contribution >= 0.6 is 0 Å². The lowest BCUT2D eigenvalue weighted by molar-refractivity contribution is -0.265. The second-order valence-corrected chi connectivity index (χ2v) is 20.3. The van der Waals surface area contributed by atoms with Crippen LogP contribution < -0.4 is 0 Å². The number of aliphatic hydroxyl groups is 4. The number of hydrogen-bond acceptors (Lipinski definition) is 12. The molecule has 5 aliphatic rings. The summed E-state index contributed by atoms with van der Waals surface area (Å²) in [6.45, 7) is 12.2. The normalized spacial score (nSPS) is 40.7. The zero-order valence-electron chi connectivity index (χ0n) is 39.5. The predicted octanol–water partition coefficient (Wildman–Crippen LogP) is 6.01. The fraction of sp³-hybridized carbons (Fsp3) is 0.745. The molecule has 2 saturated heterocycles. The number of aliphatic hydroxyl groups excluding tert-OH is 3. The molecule has 1 unspecified atom stereocenters. The Balaban J connectivity index is 1.46. The van der Waals surface area contributed by atoms with Gasteiger partial charge in [-0.05, 0) is 119 Å². The third kappa shape index (κ3) is 12.4. The van der Waals surface area contributed by atoms with Crippen molar-refractivity contribution in [2.75, 3.05) is 20.3 Å². The van der Waals surface area contributed by atoms with Crippen molar-refractivity contribution in [1.82, 2.24) is 4.90 Å². The van der Waals surface area contributed by atoms with E-state index in [1.54, 1.807) is 40.9 Å². The summed E-state index contributed by atoms with van der Waals surface area (Å²) in [5, 5.41) is 44.1. The van der Waals surface area contributed by atoms with Gasteiger partial charge in [-0.3, -0.25) is 19.2 Å². The largest absolute Gasteiger partial charge is 0.460 e. The first-order valence-electron chi connectivity index (χ1n) is 24.0. The van der Waals surface area contributed by atoms with Gasteiger partial charge in [-0.25, -0.2) is 4.79 Å². The summed E-state index contributed by atoms with van der Waals surface area (Å²) in [6.07, 6.45) is 13.8. The Morgan fingerprint density at radius 1 is 0.906 bits per heavy atom. The highest BCUT2D eigenvalue weighted by atomic mass is 16.6. The number of Topliss-reactive ketones (excluding diaryl/α,β-unsaturated/α-hetero) is 3. The number of amides is 1. The molecule has 13 heteroatoms. The summed E-state index contributed by atoms with van der Waals surface area (Å²) in [5.74, 6) is -8.19. The van der Waals surface area contributed by atoms with E-state index in [9.17, 15) is 44.4 Å². The van der Waals surface area contributed by atoms with Crippen molar-refractivity contribution in [3.8, 4) is 0 Å². The molecule has 5 rings (SSSR count). The van der Waals surface area contributed by atoms with Crippen LogP contribution in [0.3, 0.4) is 0 Å². The molecule has 0 aromatic heterocycles. The third-order valence-electron chi connectivity index (χ3n) is 15.4. The van der Waals surface area contributed by atoms with Crippen LogP contribution in [0, 0.1) is 53.3 Å². The molecule has 13 nitrogen and oxygen atoms in total. The molecule has 0 radical (unpaired) electrons. The SMILES string of the molecule is CO[C@H]1C[C@@H]2CC[C@@H](C)[C@@](O)(O2)C(=O)C(=O)N2CCCC[C@H]2C(=O)O[C@H]([C@H](C)C[C@@H]2C[C@@H]3C[C@H]2C[C@H]3O)CC(=O)/C(C)=C/C(C)[C@@H](O)[C@@H](CO)C(=O)[C@H](C)C[C@H](C)C=CC=CC=C1C. The topological polar surface area (TPSA) is 197 Å². The van der Waals surface area contributed by atoms with E-state index in [0.29, 0.717) is 56.4 Å². The monoisotopic (exact) mass is 896 g/mol. The van der Waals surface area contributed by atoms with E-state index in [4.69, 9.17) is 14.2 Å². The van der Waals surface area contributed by atoms with E-state index < -0.39 is 84.2 Å². The summed E-state index contributed by atoms with van der Waals surface area (Å²) in [4.78, 5) is 71.7. The van der Waals surface area contributed by atoms with Gasteiger partial charge in [0.2, 0.25) is 5.79 Å². The molecular formula is C51H77NO12. The van der Waals surface area contributed by atoms with Crippen molar-refractivity contribution in [2.24, 2.45) is 53.3 Å². The lowest BCUT2D eigenvalue weighted by Gasteiger charge is -2.42. The second-order valence-electron chi connectivity index (χ2n) is 20.3. The Hall–Kier alpha value is -3.33. The van der Waals surface area contributed by atoms with Gasteiger partial charge < -0.3 is 39.5 Å². The van der Waals surface area contributed by atoms with Gasteiger partial charge in [0, 0.05) is 44.2 Å². The van der Waals surface area contributed by atoms with Gasteiger partial charge in [0.05, 0.1) is 36.9 Å². The lowest BCUT2D eigenvalue weighted by Crippen LogP contribution is -2.61. The zero-order valence-corrected chi connectivity index (χ0v) is 39.5. The third-order valence-corrected chi connectivity index (χ3v) is 15.4. The van der Waals surface area contributed by atoms with Gasteiger partial charge in [-0.15, -0.1) is 0 Å². The van der Waals surface area contributed by atoms with E-state index in [1.807, 2.05) is 51.2 Å². The van der Waals surface area contributed by atoms with Gasteiger partial charge >= 0.3 is 5.97 Å². The molecule has 2 aliphatic carbocycles. The number of carbonyl (C=O) groups is 5. The van der Waals surface area contributed by atoms with Gasteiger partial charge in [-0.1, -0.05) is 71.1 Å². The molecule has 2 saturated carbocycles. The maximum Gasteiger partial charge on any atom is 0.329 e. The van der Waals surface area contributed by atoms with E-state index >= 15 is 0 Å². The number of carbonyl (C=O) groups excluding carboxylic acids is 5. The molecule has 4 N–H and O–H groups in total. The van der Waals surface area contributed by atoms with Crippen molar-refractivity contribution in [2.45, 2.75) is 168 Å². The summed E-state index contributed by atoms with van der Waals surface area (Å²) in [7, 11) is 1.58. The number of nitrogens with zero attached hydrogens (tertiary/aromatic N) is 1. The van der Waals surface area contributed by atoms with E-state index in [0.717, 1.165) is 24.8 Å². The summed E-state index contributed by atoms with van der Waals surface area (Å²) >= 11 is 0. The number of allylic oxidation sites excluding steroid dienone is 6. The van der Waals surface area contributed by atoms with E-state index in [-0.39, 0.29) is 60.7 Å². The fourth-order valence-corrected chi connectivity index (χ4v) is 11.2. The van der Waals surface area contributed by atoms with Crippen molar-refractivity contribution in [3.63, 3.8) is 0 Å². The predicted molar refractivity (Wildman–Crippen MR) is 241 cm³/mol. The molecule has 4 fully saturated rings. The van der Waals surface area contributed by atoms with Crippen molar-refractivity contribution >= 4 is 29.2 Å². The average molecular weight is 896 g/mol. The van der Waals surface area contributed by atoms with Crippen LogP contribution in [0.2, 0.25) is 0 Å². The molecule has 0 aromatic rings. The zero-order chi connectivity index (χ0) is 47.0. The number of fused-ring (bicyclic) bond motifs is 5. The van der Waals surface area contributed by atoms with Gasteiger partial charge in [0.15, 0.2) is 5.78 Å². The Morgan fingerprint density at radius 2 is 1.64 bits per heavy atom. The highest BCUT2D eigenvalue weighted by molar-refractivity contribution is 6.39. The number of methoxy groups -OCH3 is 1. The molecule has 16 atom stereocenters. The summed E-state index contributed by atoms with van der Waals surface area (Å²) in [6, 6.07) is -1.12. The second kappa shape index (κ2) is 22.9. The molecular weight excluding hydrogens is 819 g/mol. The first kappa shape index (κ1) is 51.7. The standard InChI is InChI=1S/C51H77NO12/c1-29-14-10-9-11-15-30(2)44(62-8)26-39-18-17-35(7)51(61,64-39)48(58)49(59)52-19-13-12-16-41(52)50(60)63-45(32(4)22-36-23-38-24-37(36)25-43(38)55)27-42(54)31(3)21-34(6)47(57)40(28-53)46(56)33(5)20-29/h9-11,14-15,21,29,32-41,43-45,47,53,55,57,61H,12-13,16-20,22-28H2,1-8H3/b11-9?,14-10?,30-15?,31-21+/t29-,32-,33-,34?,35-,36-,37+,38-,39+,40+,41+,43-,44+,45+,47-,51-/m1/s1. The van der Waals surface area contributed by atoms with Crippen molar-refractivity contribution < 1.29 is 58.6 Å². The quantitative estimate of drug-likeness (QED) is 0.186. The van der Waals surface area contributed by atoms with Crippen LogP contribution in [0.15, 0.2) is 47.6 Å². The fourth-order valence-electron chi connectivity index (χ4n) is 11.2. The lowest BCUT2D eigenvalue weighted by atomic mass is 9.79. The molecule has 358 valence electrons. The van der Waals surface area contributed by atoms with Crippen LogP contribution in [0.1, 0.15) is 126 Å². The highest BCUT2D eigenvalue weighted by Crippen LogP contribution is 2.51. The average Bonchev–Trinajstić information content (AvgIpc) is 3.84. The smallest absolute Gasteiger partial charge is 0.329 e. The van der Waals surface area contributed by atoms with Crippen LogP contribution in [-0.4, -0.2) is 117 Å². The summed E-state index contributed by atoms with van der Waals surface area (Å²) in [5.41, 5.74) is 1.19. The van der Waals surface area contributed by atoms with Crippen LogP contribution in [-0.2, 0) is 38.2 Å². The summed E-state index contributed by atoms with van der Waals surface area (Å²) < 4.78 is 18.2. The number of piperidine rings is 1. The maximum absolute atomic E-state index is 14.3. The minimum atomic E-state index is -2.42. The number of esters is 1. The molecule has 3 heterocycles. The van der Waals surface area contributed by atoms with E-state index in [1.165, 1.54) is 4.90 Å². The van der Waals surface area contributed by atoms with Crippen LogP contribution in [0.4, 0.5) is 0 Å². The number of hydrogen-bond donors (Lipinski definition) is 4. The Kier molecular flexibility index (Phi) is 18.5. The Morgan fingerprint density at radius 3 is 2.30 bits per heavy atom. The first-order valence-corrected chi connectivity index (χ1v) is 24.0. The number of ketones is 3. The minimum Gasteiger partial charge on any atom is -0.460 e. The van der Waals surface area contributed by atoms with Gasteiger partial charge in [-0.2, -0.15) is 0 Å². The Labute approximate surface area is 380 Å². The molecule has 1 amide bonds. The minimum absolute atomic E-state index is 0.00453. The molecule has 0 spiro atoms. The number of ether oxygens (including phenoxy) is 3. The van der Waals surface area contributed by atoms with Gasteiger partial charge in [0.25, 0.3) is 11.7 Å². The first-order chi connectivity index (χ1) is 30.3. The van der Waals surface area contributed by atoms with E-state index in [2.05, 4.69) is 0 Å². The number of cyclic esters (lactones) is 1. The maximum atomic E-state index is 14.3. The van der Waals surface area contributed by atoms with Crippen LogP contribution in [0.5, 0.6) is 0 Å². The van der Waals surface area contributed by atoms with Crippen LogP contribution in [0.25, 0.3) is 0 Å².